The van der Waals surface area contributed by atoms with Crippen LogP contribution in [0.2, 0.25) is 0 Å². The van der Waals surface area contributed by atoms with Gasteiger partial charge in [-0.15, -0.1) is 0 Å². The number of rotatable bonds is 14. The molecule has 0 amide bonds. The number of nitrogens with zero attached hydrogens (tertiary/aromatic N) is 2. The van der Waals surface area contributed by atoms with Crippen molar-refractivity contribution in [3.8, 4) is 11.5 Å². The first-order valence-corrected chi connectivity index (χ1v) is 11.9. The molecule has 0 aromatic heterocycles. The predicted molar refractivity (Wildman–Crippen MR) is 138 cm³/mol. The molecule has 34 heavy (non-hydrogen) atoms. The molecule has 3 aromatic carbocycles. The fraction of sp³-hybridized carbons (Fsp3) is 0.357. The highest BCUT2D eigenvalue weighted by atomic mass is 16.5. The molecule has 0 spiro atoms. The number of anilines is 2. The third kappa shape index (κ3) is 7.97. The second kappa shape index (κ2) is 13.5. The molecule has 0 saturated heterocycles. The Hall–Kier alpha value is -3.22. The van der Waals surface area contributed by atoms with E-state index in [0.717, 1.165) is 24.5 Å². The van der Waals surface area contributed by atoms with E-state index < -0.39 is 12.2 Å². The zero-order valence-corrected chi connectivity index (χ0v) is 20.1. The van der Waals surface area contributed by atoms with Crippen LogP contribution in [0.4, 0.5) is 11.4 Å². The molecule has 0 unspecified atom stereocenters. The van der Waals surface area contributed by atoms with Crippen LogP contribution in [-0.2, 0) is 0 Å². The number of ether oxygens (including phenoxy) is 2. The van der Waals surface area contributed by atoms with Gasteiger partial charge in [-0.1, -0.05) is 36.4 Å². The highest BCUT2D eigenvalue weighted by Gasteiger charge is 2.13. The maximum absolute atomic E-state index is 10.4. The van der Waals surface area contributed by atoms with Crippen molar-refractivity contribution in [3.05, 3.63) is 84.9 Å². The standard InChI is InChI=1S/C28H36N2O4/c1-3-29(23-11-7-5-8-12-23)19-25(31)21-33-27-15-17-28(18-16-27)34-22-26(32)20-30(4-2)24-13-9-6-10-14-24/h5-18,25-26,31-32H,3-4,19-22H2,1-2H3/t25-,26-/m1/s1. The van der Waals surface area contributed by atoms with Gasteiger partial charge in [0.25, 0.3) is 0 Å². The summed E-state index contributed by atoms with van der Waals surface area (Å²) < 4.78 is 11.5. The lowest BCUT2D eigenvalue weighted by Crippen LogP contribution is -2.35. The van der Waals surface area contributed by atoms with E-state index in [0.29, 0.717) is 24.6 Å². The molecule has 0 aliphatic carbocycles. The Morgan fingerprint density at radius 3 is 1.26 bits per heavy atom. The van der Waals surface area contributed by atoms with Gasteiger partial charge in [0, 0.05) is 37.6 Å². The van der Waals surface area contributed by atoms with Crippen molar-refractivity contribution < 1.29 is 19.7 Å². The Morgan fingerprint density at radius 2 is 0.941 bits per heavy atom. The SMILES string of the molecule is CCN(C[C@@H](O)COc1ccc(OC[C@H](O)CN(CC)c2ccccc2)cc1)c1ccccc1. The van der Waals surface area contributed by atoms with Crippen LogP contribution in [0.5, 0.6) is 11.5 Å². The first kappa shape index (κ1) is 25.4. The Morgan fingerprint density at radius 1 is 0.588 bits per heavy atom. The van der Waals surface area contributed by atoms with Crippen LogP contribution in [0.25, 0.3) is 0 Å². The number of likely N-dealkylation sites (N-methyl/N-ethyl adjacent to an activating group) is 2. The van der Waals surface area contributed by atoms with Gasteiger partial charge in [0.1, 0.15) is 36.9 Å². The maximum atomic E-state index is 10.4. The first-order chi connectivity index (χ1) is 16.6. The average Bonchev–Trinajstić information content (AvgIpc) is 2.89. The topological polar surface area (TPSA) is 65.4 Å². The monoisotopic (exact) mass is 464 g/mol. The van der Waals surface area contributed by atoms with E-state index in [1.807, 2.05) is 84.9 Å². The fourth-order valence-electron chi connectivity index (χ4n) is 3.74. The summed E-state index contributed by atoms with van der Waals surface area (Å²) in [7, 11) is 0. The zero-order chi connectivity index (χ0) is 24.2. The lowest BCUT2D eigenvalue weighted by atomic mass is 10.2. The largest absolute Gasteiger partial charge is 0.491 e. The van der Waals surface area contributed by atoms with Gasteiger partial charge in [0.15, 0.2) is 0 Å². The normalized spacial score (nSPS) is 12.6. The third-order valence-corrected chi connectivity index (χ3v) is 5.58. The lowest BCUT2D eigenvalue weighted by molar-refractivity contribution is 0.110. The summed E-state index contributed by atoms with van der Waals surface area (Å²) in [4.78, 5) is 4.24. The zero-order valence-electron chi connectivity index (χ0n) is 20.1. The second-order valence-electron chi connectivity index (χ2n) is 8.15. The van der Waals surface area contributed by atoms with Crippen LogP contribution in [0.3, 0.4) is 0 Å². The van der Waals surface area contributed by atoms with E-state index in [1.165, 1.54) is 0 Å². The van der Waals surface area contributed by atoms with Crippen LogP contribution in [0, 0.1) is 0 Å². The van der Waals surface area contributed by atoms with Crippen molar-refractivity contribution in [2.24, 2.45) is 0 Å². The van der Waals surface area contributed by atoms with Crippen molar-refractivity contribution in [2.45, 2.75) is 26.1 Å². The minimum Gasteiger partial charge on any atom is -0.491 e. The van der Waals surface area contributed by atoms with Gasteiger partial charge in [0.2, 0.25) is 0 Å². The number of aliphatic hydroxyl groups is 2. The summed E-state index contributed by atoms with van der Waals surface area (Å²) in [6, 6.07) is 27.3. The summed E-state index contributed by atoms with van der Waals surface area (Å²) >= 11 is 0. The molecule has 3 aromatic rings. The van der Waals surface area contributed by atoms with E-state index in [1.54, 1.807) is 0 Å². The van der Waals surface area contributed by atoms with Gasteiger partial charge in [0.05, 0.1) is 0 Å². The quantitative estimate of drug-likeness (QED) is 0.372. The smallest absolute Gasteiger partial charge is 0.119 e. The van der Waals surface area contributed by atoms with Gasteiger partial charge in [-0.3, -0.25) is 0 Å². The molecule has 2 N–H and O–H groups in total. The van der Waals surface area contributed by atoms with Crippen LogP contribution in [0.1, 0.15) is 13.8 Å². The number of hydrogen-bond donors (Lipinski definition) is 2. The molecule has 182 valence electrons. The molecule has 3 rings (SSSR count). The molecule has 0 bridgehead atoms. The fourth-order valence-corrected chi connectivity index (χ4v) is 3.74. The minimum absolute atomic E-state index is 0.203. The molecule has 0 aliphatic heterocycles. The highest BCUT2D eigenvalue weighted by Crippen LogP contribution is 2.19. The predicted octanol–water partition coefficient (Wildman–Crippen LogP) is 4.22. The molecule has 0 saturated carbocycles. The summed E-state index contributed by atoms with van der Waals surface area (Å²) in [5.74, 6) is 1.33. The molecule has 0 fully saturated rings. The van der Waals surface area contributed by atoms with Crippen molar-refractivity contribution in [3.63, 3.8) is 0 Å². The maximum Gasteiger partial charge on any atom is 0.119 e. The van der Waals surface area contributed by atoms with Crippen molar-refractivity contribution in [1.29, 1.82) is 0 Å². The van der Waals surface area contributed by atoms with E-state index in [2.05, 4.69) is 23.6 Å². The van der Waals surface area contributed by atoms with Crippen LogP contribution >= 0.6 is 0 Å². The molecule has 0 heterocycles. The van der Waals surface area contributed by atoms with Crippen molar-refractivity contribution >= 4 is 11.4 Å². The molecular formula is C28H36N2O4. The number of para-hydroxylation sites is 2. The number of aliphatic hydroxyl groups excluding tert-OH is 2. The van der Waals surface area contributed by atoms with E-state index >= 15 is 0 Å². The molecule has 0 radical (unpaired) electrons. The Bertz CT molecular complexity index is 859. The van der Waals surface area contributed by atoms with Gasteiger partial charge < -0.3 is 29.5 Å². The summed E-state index contributed by atoms with van der Waals surface area (Å²) in [5.41, 5.74) is 2.16. The molecule has 6 nitrogen and oxygen atoms in total. The van der Waals surface area contributed by atoms with E-state index in [9.17, 15) is 10.2 Å². The second-order valence-corrected chi connectivity index (χ2v) is 8.15. The van der Waals surface area contributed by atoms with Crippen LogP contribution in [0.15, 0.2) is 84.9 Å². The summed E-state index contributed by atoms with van der Waals surface area (Å²) in [6.07, 6.45) is -1.23. The highest BCUT2D eigenvalue weighted by molar-refractivity contribution is 5.46. The Balaban J connectivity index is 1.41. The average molecular weight is 465 g/mol. The van der Waals surface area contributed by atoms with Gasteiger partial charge in [-0.25, -0.2) is 0 Å². The van der Waals surface area contributed by atoms with Crippen molar-refractivity contribution in [2.75, 3.05) is 49.2 Å². The van der Waals surface area contributed by atoms with Crippen LogP contribution < -0.4 is 19.3 Å². The molecule has 6 heteroatoms. The Kier molecular flexibility index (Phi) is 10.1. The van der Waals surface area contributed by atoms with Gasteiger partial charge >= 0.3 is 0 Å². The van der Waals surface area contributed by atoms with E-state index in [-0.39, 0.29) is 13.2 Å². The molecule has 2 atom stereocenters. The summed E-state index contributed by atoms with van der Waals surface area (Å²) in [5, 5.41) is 20.8. The molecule has 0 aliphatic rings. The first-order valence-electron chi connectivity index (χ1n) is 11.9. The van der Waals surface area contributed by atoms with Crippen LogP contribution in [-0.4, -0.2) is 61.8 Å². The number of benzene rings is 3. The Labute approximate surface area is 203 Å². The summed E-state index contributed by atoms with van der Waals surface area (Å²) in [6.45, 7) is 7.15. The molecular weight excluding hydrogens is 428 g/mol. The van der Waals surface area contributed by atoms with Gasteiger partial charge in [-0.2, -0.15) is 0 Å². The lowest BCUT2D eigenvalue weighted by Gasteiger charge is -2.26. The van der Waals surface area contributed by atoms with E-state index in [4.69, 9.17) is 9.47 Å². The number of hydrogen-bond acceptors (Lipinski definition) is 6. The van der Waals surface area contributed by atoms with Gasteiger partial charge in [-0.05, 0) is 62.4 Å². The van der Waals surface area contributed by atoms with Crippen molar-refractivity contribution in [1.82, 2.24) is 0 Å². The third-order valence-electron chi connectivity index (χ3n) is 5.58. The minimum atomic E-state index is -0.614.